The maximum atomic E-state index is 9.14. The highest BCUT2D eigenvalue weighted by atomic mass is 35.5. The summed E-state index contributed by atoms with van der Waals surface area (Å²) in [6.07, 6.45) is -0.301. The predicted octanol–water partition coefficient (Wildman–Crippen LogP) is 2.98. The van der Waals surface area contributed by atoms with E-state index in [-0.39, 0.29) is 6.10 Å². The van der Waals surface area contributed by atoms with Crippen molar-refractivity contribution in [2.24, 2.45) is 0 Å². The zero-order valence-corrected chi connectivity index (χ0v) is 14.7. The lowest BCUT2D eigenvalue weighted by atomic mass is 10.2. The number of rotatable bonds is 10. The molecule has 0 aliphatic rings. The molecule has 0 saturated carbocycles. The molecule has 0 amide bonds. The average Bonchev–Trinajstić information content (AvgIpc) is 2.58. The molecule has 1 atom stereocenters. The zero-order chi connectivity index (χ0) is 17.2. The van der Waals surface area contributed by atoms with Gasteiger partial charge in [0.05, 0.1) is 6.10 Å². The molecule has 2 aromatic rings. The first-order chi connectivity index (χ1) is 11.6. The van der Waals surface area contributed by atoms with Gasteiger partial charge in [0, 0.05) is 31.2 Å². The molecule has 3 N–H and O–H groups in total. The van der Waals surface area contributed by atoms with Crippen molar-refractivity contribution in [2.75, 3.05) is 19.6 Å². The van der Waals surface area contributed by atoms with Crippen LogP contribution < -0.4 is 15.4 Å². The lowest BCUT2D eigenvalue weighted by molar-refractivity contribution is 0.191. The lowest BCUT2D eigenvalue weighted by Gasteiger charge is -2.09. The molecule has 0 radical (unpaired) electrons. The summed E-state index contributed by atoms with van der Waals surface area (Å²) in [6.45, 7) is 5.45. The van der Waals surface area contributed by atoms with Crippen LogP contribution >= 0.6 is 11.6 Å². The van der Waals surface area contributed by atoms with Gasteiger partial charge < -0.3 is 20.5 Å². The Hall–Kier alpha value is -1.59. The highest BCUT2D eigenvalue weighted by molar-refractivity contribution is 6.30. The van der Waals surface area contributed by atoms with Gasteiger partial charge in [0.25, 0.3) is 0 Å². The maximum Gasteiger partial charge on any atom is 0.119 e. The molecule has 0 aliphatic heterocycles. The van der Waals surface area contributed by atoms with Gasteiger partial charge in [-0.1, -0.05) is 35.9 Å². The molecule has 0 heterocycles. The Labute approximate surface area is 148 Å². The first-order valence-electron chi connectivity index (χ1n) is 8.19. The van der Waals surface area contributed by atoms with E-state index in [1.807, 2.05) is 36.4 Å². The molecule has 24 heavy (non-hydrogen) atoms. The molecule has 1 unspecified atom stereocenters. The van der Waals surface area contributed by atoms with Crippen LogP contribution in [-0.4, -0.2) is 30.8 Å². The number of halogens is 1. The standard InChI is InChI=1S/C19H25ClN2O2/c1-15(23)12-21-10-11-22-13-16-4-8-19(9-5-16)24-14-17-2-6-18(20)7-3-17/h2-9,15,21-23H,10-14H2,1H3. The quantitative estimate of drug-likeness (QED) is 0.578. The van der Waals surface area contributed by atoms with Gasteiger partial charge in [0.2, 0.25) is 0 Å². The third kappa shape index (κ3) is 7.32. The number of nitrogens with one attached hydrogen (secondary N) is 2. The Morgan fingerprint density at radius 3 is 2.25 bits per heavy atom. The van der Waals surface area contributed by atoms with Crippen LogP contribution in [0.25, 0.3) is 0 Å². The molecule has 130 valence electrons. The van der Waals surface area contributed by atoms with Gasteiger partial charge >= 0.3 is 0 Å². The fourth-order valence-corrected chi connectivity index (χ4v) is 2.30. The Bertz CT molecular complexity index is 585. The van der Waals surface area contributed by atoms with Crippen molar-refractivity contribution in [3.63, 3.8) is 0 Å². The van der Waals surface area contributed by atoms with Gasteiger partial charge in [-0.05, 0) is 42.3 Å². The Morgan fingerprint density at radius 1 is 0.958 bits per heavy atom. The summed E-state index contributed by atoms with van der Waals surface area (Å²) in [6, 6.07) is 15.8. The van der Waals surface area contributed by atoms with E-state index in [1.165, 1.54) is 5.56 Å². The van der Waals surface area contributed by atoms with Crippen molar-refractivity contribution in [3.05, 3.63) is 64.7 Å². The summed E-state index contributed by atoms with van der Waals surface area (Å²) in [5.41, 5.74) is 2.30. The second-order valence-electron chi connectivity index (χ2n) is 5.79. The van der Waals surface area contributed by atoms with E-state index in [2.05, 4.69) is 22.8 Å². The van der Waals surface area contributed by atoms with Crippen LogP contribution in [0.4, 0.5) is 0 Å². The minimum absolute atomic E-state index is 0.301. The van der Waals surface area contributed by atoms with Crippen molar-refractivity contribution in [1.29, 1.82) is 0 Å². The summed E-state index contributed by atoms with van der Waals surface area (Å²) in [5.74, 6) is 0.854. The SMILES string of the molecule is CC(O)CNCCNCc1ccc(OCc2ccc(Cl)cc2)cc1. The molecule has 5 heteroatoms. The fraction of sp³-hybridized carbons (Fsp3) is 0.368. The van der Waals surface area contributed by atoms with E-state index in [9.17, 15) is 0 Å². The molecule has 0 spiro atoms. The molecule has 0 aromatic heterocycles. The van der Waals surface area contributed by atoms with E-state index in [0.717, 1.165) is 36.0 Å². The van der Waals surface area contributed by atoms with E-state index < -0.39 is 0 Å². The highest BCUT2D eigenvalue weighted by Crippen LogP contribution is 2.15. The van der Waals surface area contributed by atoms with Gasteiger partial charge in [-0.3, -0.25) is 0 Å². The van der Waals surface area contributed by atoms with Gasteiger partial charge in [0.1, 0.15) is 12.4 Å². The third-order valence-electron chi connectivity index (χ3n) is 3.49. The number of aliphatic hydroxyl groups excluding tert-OH is 1. The predicted molar refractivity (Wildman–Crippen MR) is 98.5 cm³/mol. The second-order valence-corrected chi connectivity index (χ2v) is 6.23. The van der Waals surface area contributed by atoms with Gasteiger partial charge in [0.15, 0.2) is 0 Å². The summed E-state index contributed by atoms with van der Waals surface area (Å²) in [4.78, 5) is 0. The lowest BCUT2D eigenvalue weighted by Crippen LogP contribution is -2.31. The number of hydrogen-bond donors (Lipinski definition) is 3. The minimum Gasteiger partial charge on any atom is -0.489 e. The monoisotopic (exact) mass is 348 g/mol. The number of benzene rings is 2. The van der Waals surface area contributed by atoms with Crippen molar-refractivity contribution in [2.45, 2.75) is 26.2 Å². The van der Waals surface area contributed by atoms with E-state index in [1.54, 1.807) is 6.92 Å². The van der Waals surface area contributed by atoms with E-state index in [4.69, 9.17) is 21.4 Å². The number of hydrogen-bond acceptors (Lipinski definition) is 4. The first kappa shape index (κ1) is 18.7. The van der Waals surface area contributed by atoms with Crippen LogP contribution in [-0.2, 0) is 13.2 Å². The van der Waals surface area contributed by atoms with Crippen LogP contribution in [0.15, 0.2) is 48.5 Å². The molecule has 0 aliphatic carbocycles. The summed E-state index contributed by atoms with van der Waals surface area (Å²) in [5, 5.41) is 16.4. The van der Waals surface area contributed by atoms with E-state index in [0.29, 0.717) is 13.2 Å². The normalized spacial score (nSPS) is 12.1. The summed E-state index contributed by atoms with van der Waals surface area (Å²) < 4.78 is 5.77. The van der Waals surface area contributed by atoms with Gasteiger partial charge in [-0.2, -0.15) is 0 Å². The maximum absolute atomic E-state index is 9.14. The van der Waals surface area contributed by atoms with Crippen LogP contribution in [0.3, 0.4) is 0 Å². The Balaban J connectivity index is 1.66. The van der Waals surface area contributed by atoms with Crippen molar-refractivity contribution in [3.8, 4) is 5.75 Å². The van der Waals surface area contributed by atoms with Crippen LogP contribution in [0, 0.1) is 0 Å². The van der Waals surface area contributed by atoms with Gasteiger partial charge in [-0.15, -0.1) is 0 Å². The van der Waals surface area contributed by atoms with Crippen molar-refractivity contribution in [1.82, 2.24) is 10.6 Å². The van der Waals surface area contributed by atoms with Gasteiger partial charge in [-0.25, -0.2) is 0 Å². The fourth-order valence-electron chi connectivity index (χ4n) is 2.17. The summed E-state index contributed by atoms with van der Waals surface area (Å²) in [7, 11) is 0. The largest absolute Gasteiger partial charge is 0.489 e. The van der Waals surface area contributed by atoms with E-state index >= 15 is 0 Å². The average molecular weight is 349 g/mol. The smallest absolute Gasteiger partial charge is 0.119 e. The Morgan fingerprint density at radius 2 is 1.58 bits per heavy atom. The zero-order valence-electron chi connectivity index (χ0n) is 14.0. The third-order valence-corrected chi connectivity index (χ3v) is 3.74. The molecule has 0 fully saturated rings. The molecule has 4 nitrogen and oxygen atoms in total. The molecule has 2 aromatic carbocycles. The topological polar surface area (TPSA) is 53.5 Å². The number of aliphatic hydroxyl groups is 1. The van der Waals surface area contributed by atoms with Crippen LogP contribution in [0.5, 0.6) is 5.75 Å². The van der Waals surface area contributed by atoms with Crippen molar-refractivity contribution >= 4 is 11.6 Å². The first-order valence-corrected chi connectivity index (χ1v) is 8.57. The molecular weight excluding hydrogens is 324 g/mol. The molecule has 0 saturated heterocycles. The van der Waals surface area contributed by atoms with Crippen molar-refractivity contribution < 1.29 is 9.84 Å². The minimum atomic E-state index is -0.301. The summed E-state index contributed by atoms with van der Waals surface area (Å²) >= 11 is 5.87. The Kier molecular flexibility index (Phi) is 8.05. The number of ether oxygens (including phenoxy) is 1. The molecular formula is C19H25ClN2O2. The molecule has 2 rings (SSSR count). The highest BCUT2D eigenvalue weighted by Gasteiger charge is 1.98. The van der Waals surface area contributed by atoms with Crippen LogP contribution in [0.1, 0.15) is 18.1 Å². The van der Waals surface area contributed by atoms with Crippen LogP contribution in [0.2, 0.25) is 5.02 Å². The molecule has 0 bridgehead atoms. The second kappa shape index (κ2) is 10.3.